The van der Waals surface area contributed by atoms with E-state index in [4.69, 9.17) is 0 Å². The summed E-state index contributed by atoms with van der Waals surface area (Å²) in [6.07, 6.45) is 4.58. The van der Waals surface area contributed by atoms with Gasteiger partial charge in [0.1, 0.15) is 4.90 Å². The maximum atomic E-state index is 13.0. The van der Waals surface area contributed by atoms with E-state index in [1.54, 1.807) is 24.4 Å². The van der Waals surface area contributed by atoms with Crippen LogP contribution in [-0.2, 0) is 10.0 Å². The number of nitrogens with zero attached hydrogens (tertiary/aromatic N) is 5. The van der Waals surface area contributed by atoms with Gasteiger partial charge in [-0.05, 0) is 24.3 Å². The number of anilines is 3. The van der Waals surface area contributed by atoms with Crippen molar-refractivity contribution in [3.63, 3.8) is 0 Å². The van der Waals surface area contributed by atoms with Gasteiger partial charge in [-0.2, -0.15) is 0 Å². The van der Waals surface area contributed by atoms with Crippen molar-refractivity contribution >= 4 is 38.2 Å². The molecule has 2 aromatic carbocycles. The summed E-state index contributed by atoms with van der Waals surface area (Å²) >= 11 is 0. The van der Waals surface area contributed by atoms with Gasteiger partial charge in [-0.3, -0.25) is 9.71 Å². The fourth-order valence-corrected chi connectivity index (χ4v) is 5.05. The van der Waals surface area contributed by atoms with Gasteiger partial charge in [0.05, 0.1) is 23.6 Å². The lowest BCUT2D eigenvalue weighted by atomic mass is 10.2. The molecule has 3 heterocycles. The summed E-state index contributed by atoms with van der Waals surface area (Å²) in [6.45, 7) is 3.33. The first kappa shape index (κ1) is 20.2. The molecule has 0 aliphatic carbocycles. The predicted octanol–water partition coefficient (Wildman–Crippen LogP) is 3.15. The number of rotatable bonds is 5. The number of hydrogen-bond acceptors (Lipinski definition) is 7. The first-order chi connectivity index (χ1) is 15.6. The second kappa shape index (κ2) is 8.43. The Morgan fingerprint density at radius 3 is 2.19 bits per heavy atom. The van der Waals surface area contributed by atoms with E-state index >= 15 is 0 Å². The third-order valence-corrected chi connectivity index (χ3v) is 6.87. The second-order valence-electron chi connectivity index (χ2n) is 7.52. The lowest BCUT2D eigenvalue weighted by molar-refractivity contribution is 0.602. The van der Waals surface area contributed by atoms with Crippen LogP contribution in [0, 0.1) is 0 Å². The minimum atomic E-state index is -3.83. The van der Waals surface area contributed by atoms with Gasteiger partial charge in [0.15, 0.2) is 0 Å². The highest BCUT2D eigenvalue weighted by Crippen LogP contribution is 2.23. The van der Waals surface area contributed by atoms with Crippen LogP contribution in [0.4, 0.5) is 17.3 Å². The van der Waals surface area contributed by atoms with E-state index in [9.17, 15) is 8.42 Å². The highest BCUT2D eigenvalue weighted by molar-refractivity contribution is 7.93. The quantitative estimate of drug-likeness (QED) is 0.503. The van der Waals surface area contributed by atoms with Crippen LogP contribution in [0.25, 0.3) is 10.9 Å². The van der Waals surface area contributed by atoms with Gasteiger partial charge in [0.2, 0.25) is 5.95 Å². The largest absolute Gasteiger partial charge is 0.368 e. The molecule has 1 aliphatic heterocycles. The van der Waals surface area contributed by atoms with Gasteiger partial charge in [0, 0.05) is 43.4 Å². The Bertz CT molecular complexity index is 1320. The van der Waals surface area contributed by atoms with Crippen LogP contribution in [-0.4, -0.2) is 49.5 Å². The van der Waals surface area contributed by atoms with Crippen LogP contribution >= 0.6 is 0 Å². The number of piperazine rings is 1. The number of fused-ring (bicyclic) bond motifs is 1. The molecule has 0 unspecified atom stereocenters. The average Bonchev–Trinajstić information content (AvgIpc) is 2.84. The Morgan fingerprint density at radius 1 is 0.750 bits per heavy atom. The molecule has 0 atom stereocenters. The van der Waals surface area contributed by atoms with Crippen LogP contribution in [0.2, 0.25) is 0 Å². The molecule has 5 rings (SSSR count). The summed E-state index contributed by atoms with van der Waals surface area (Å²) in [5, 5.41) is 0.761. The van der Waals surface area contributed by atoms with Gasteiger partial charge >= 0.3 is 0 Å². The van der Waals surface area contributed by atoms with Crippen molar-refractivity contribution in [2.45, 2.75) is 4.90 Å². The van der Waals surface area contributed by atoms with Crippen molar-refractivity contribution in [2.75, 3.05) is 40.7 Å². The zero-order valence-electron chi connectivity index (χ0n) is 17.3. The standard InChI is InChI=1S/C23H22N6O2S/c30-32(31,21-10-4-6-18-7-5-11-24-22(18)21)27-19-16-25-23(26-17-19)29-14-12-28(13-15-29)20-8-2-1-3-9-20/h1-11,16-17,27H,12-15H2. The Morgan fingerprint density at radius 2 is 1.44 bits per heavy atom. The number of hydrogen-bond donors (Lipinski definition) is 1. The summed E-state index contributed by atoms with van der Waals surface area (Å²) in [6, 6.07) is 19.0. The topological polar surface area (TPSA) is 91.3 Å². The van der Waals surface area contributed by atoms with Crippen molar-refractivity contribution < 1.29 is 8.42 Å². The summed E-state index contributed by atoms with van der Waals surface area (Å²) in [5.41, 5.74) is 1.95. The molecule has 0 saturated carbocycles. The SMILES string of the molecule is O=S(=O)(Nc1cnc(N2CCN(c3ccccc3)CC2)nc1)c1cccc2cccnc12. The minimum absolute atomic E-state index is 0.122. The van der Waals surface area contributed by atoms with E-state index in [0.717, 1.165) is 31.6 Å². The van der Waals surface area contributed by atoms with Crippen LogP contribution in [0.5, 0.6) is 0 Å². The minimum Gasteiger partial charge on any atom is -0.368 e. The normalized spacial score (nSPS) is 14.5. The smallest absolute Gasteiger partial charge is 0.264 e. The molecule has 1 aliphatic rings. The van der Waals surface area contributed by atoms with E-state index in [-0.39, 0.29) is 4.90 Å². The van der Waals surface area contributed by atoms with Crippen LogP contribution < -0.4 is 14.5 Å². The van der Waals surface area contributed by atoms with Crippen molar-refractivity contribution in [3.8, 4) is 0 Å². The second-order valence-corrected chi connectivity index (χ2v) is 9.17. The Kier molecular flexibility index (Phi) is 5.32. The van der Waals surface area contributed by atoms with E-state index in [1.807, 2.05) is 30.3 Å². The molecule has 0 bridgehead atoms. The van der Waals surface area contributed by atoms with Gasteiger partial charge in [-0.25, -0.2) is 18.4 Å². The fraction of sp³-hybridized carbons (Fsp3) is 0.174. The Balaban J connectivity index is 1.28. The number of para-hydroxylation sites is 2. The van der Waals surface area contributed by atoms with Crippen molar-refractivity contribution in [1.29, 1.82) is 0 Å². The molecule has 0 amide bonds. The molecule has 2 aromatic heterocycles. The van der Waals surface area contributed by atoms with E-state index in [2.05, 4.69) is 41.6 Å². The van der Waals surface area contributed by atoms with Gasteiger partial charge < -0.3 is 9.80 Å². The van der Waals surface area contributed by atoms with Crippen LogP contribution in [0.15, 0.2) is 84.1 Å². The van der Waals surface area contributed by atoms with E-state index < -0.39 is 10.0 Å². The first-order valence-electron chi connectivity index (χ1n) is 10.3. The molecule has 8 nitrogen and oxygen atoms in total. The zero-order valence-corrected chi connectivity index (χ0v) is 18.1. The van der Waals surface area contributed by atoms with Crippen molar-refractivity contribution in [1.82, 2.24) is 15.0 Å². The molecular weight excluding hydrogens is 424 g/mol. The highest BCUT2D eigenvalue weighted by Gasteiger charge is 2.21. The highest BCUT2D eigenvalue weighted by atomic mass is 32.2. The van der Waals surface area contributed by atoms with Crippen molar-refractivity contribution in [2.24, 2.45) is 0 Å². The fourth-order valence-electron chi connectivity index (χ4n) is 3.84. The molecule has 0 radical (unpaired) electrons. The summed E-state index contributed by atoms with van der Waals surface area (Å²) < 4.78 is 28.5. The first-order valence-corrected chi connectivity index (χ1v) is 11.8. The molecule has 1 N–H and O–H groups in total. The summed E-state index contributed by atoms with van der Waals surface area (Å²) in [7, 11) is -3.83. The number of nitrogens with one attached hydrogen (secondary N) is 1. The molecule has 1 fully saturated rings. The van der Waals surface area contributed by atoms with E-state index in [1.165, 1.54) is 18.1 Å². The Labute approximate surface area is 186 Å². The van der Waals surface area contributed by atoms with Gasteiger partial charge in [0.25, 0.3) is 10.0 Å². The number of aromatic nitrogens is 3. The lowest BCUT2D eigenvalue weighted by Crippen LogP contribution is -2.47. The third-order valence-electron chi connectivity index (χ3n) is 5.46. The zero-order chi connectivity index (χ0) is 22.0. The van der Waals surface area contributed by atoms with Gasteiger partial charge in [-0.15, -0.1) is 0 Å². The third kappa shape index (κ3) is 4.06. The van der Waals surface area contributed by atoms with E-state index in [0.29, 0.717) is 17.2 Å². The monoisotopic (exact) mass is 446 g/mol. The van der Waals surface area contributed by atoms with Crippen LogP contribution in [0.1, 0.15) is 0 Å². The molecule has 162 valence electrons. The number of sulfonamides is 1. The molecule has 1 saturated heterocycles. The lowest BCUT2D eigenvalue weighted by Gasteiger charge is -2.36. The molecule has 0 spiro atoms. The molecule has 32 heavy (non-hydrogen) atoms. The Hall–Kier alpha value is -3.72. The molecular formula is C23H22N6O2S. The molecule has 4 aromatic rings. The maximum Gasteiger partial charge on any atom is 0.264 e. The number of pyridine rings is 1. The number of benzene rings is 2. The maximum absolute atomic E-state index is 13.0. The van der Waals surface area contributed by atoms with Crippen LogP contribution in [0.3, 0.4) is 0 Å². The summed E-state index contributed by atoms with van der Waals surface area (Å²) in [4.78, 5) is 17.6. The predicted molar refractivity (Wildman–Crippen MR) is 125 cm³/mol. The molecule has 9 heteroatoms. The summed E-state index contributed by atoms with van der Waals surface area (Å²) in [5.74, 6) is 0.590. The average molecular weight is 447 g/mol. The van der Waals surface area contributed by atoms with Gasteiger partial charge in [-0.1, -0.05) is 36.4 Å². The van der Waals surface area contributed by atoms with Crippen molar-refractivity contribution in [3.05, 3.63) is 79.3 Å².